The zero-order valence-electron chi connectivity index (χ0n) is 13.7. The van der Waals surface area contributed by atoms with Gasteiger partial charge in [0.1, 0.15) is 24.4 Å². The van der Waals surface area contributed by atoms with Gasteiger partial charge in [-0.2, -0.15) is 8.42 Å². The summed E-state index contributed by atoms with van der Waals surface area (Å²) in [6.45, 7) is 1.45. The number of aryl methyl sites for hydroxylation is 1. The van der Waals surface area contributed by atoms with E-state index in [9.17, 15) is 18.6 Å². The van der Waals surface area contributed by atoms with Crippen LogP contribution in [0, 0.1) is 6.92 Å². The van der Waals surface area contributed by atoms with Gasteiger partial charge in [-0.1, -0.05) is 17.7 Å². The molecule has 24 heavy (non-hydrogen) atoms. The molecule has 1 saturated heterocycles. The summed E-state index contributed by atoms with van der Waals surface area (Å²) in [7, 11) is -1.37. The van der Waals surface area contributed by atoms with Crippen molar-refractivity contribution in [3.8, 4) is 0 Å². The molecule has 5 unspecified atom stereocenters. The molecule has 1 aromatic rings. The van der Waals surface area contributed by atoms with Crippen molar-refractivity contribution in [2.24, 2.45) is 0 Å². The highest BCUT2D eigenvalue weighted by Crippen LogP contribution is 2.25. The van der Waals surface area contributed by atoms with Gasteiger partial charge in [-0.25, -0.2) is 0 Å². The number of aliphatic hydroxyl groups excluding tert-OH is 2. The first-order valence-electron chi connectivity index (χ1n) is 7.33. The molecule has 136 valence electrons. The molecule has 2 N–H and O–H groups in total. The largest absolute Gasteiger partial charge is 0.387 e. The van der Waals surface area contributed by atoms with Crippen LogP contribution >= 0.6 is 0 Å². The van der Waals surface area contributed by atoms with Crippen molar-refractivity contribution in [1.82, 2.24) is 0 Å². The van der Waals surface area contributed by atoms with Crippen LogP contribution in [0.15, 0.2) is 29.2 Å². The Morgan fingerprint density at radius 3 is 2.25 bits per heavy atom. The fraction of sp³-hybridized carbons (Fsp3) is 0.600. The number of methoxy groups -OCH3 is 2. The van der Waals surface area contributed by atoms with E-state index in [0.717, 1.165) is 5.56 Å². The Balaban J connectivity index is 2.09. The second-order valence-electron chi connectivity index (χ2n) is 5.51. The number of aliphatic hydroxyl groups is 2. The molecule has 1 aromatic carbocycles. The van der Waals surface area contributed by atoms with Crippen molar-refractivity contribution < 1.29 is 37.0 Å². The van der Waals surface area contributed by atoms with E-state index >= 15 is 0 Å². The third-order valence-electron chi connectivity index (χ3n) is 3.84. The molecule has 1 aliphatic heterocycles. The molecule has 0 saturated carbocycles. The maximum Gasteiger partial charge on any atom is 0.297 e. The average Bonchev–Trinajstić information content (AvgIpc) is 2.56. The second kappa shape index (κ2) is 7.87. The van der Waals surface area contributed by atoms with Gasteiger partial charge in [0.25, 0.3) is 10.1 Å². The van der Waals surface area contributed by atoms with Gasteiger partial charge in [0.05, 0.1) is 11.5 Å². The molecular weight excluding hydrogens is 340 g/mol. The molecule has 0 aliphatic carbocycles. The fourth-order valence-corrected chi connectivity index (χ4v) is 3.37. The van der Waals surface area contributed by atoms with Gasteiger partial charge < -0.3 is 24.4 Å². The maximum absolute atomic E-state index is 12.2. The van der Waals surface area contributed by atoms with Crippen LogP contribution < -0.4 is 0 Å². The Kier molecular flexibility index (Phi) is 6.32. The van der Waals surface area contributed by atoms with Crippen molar-refractivity contribution in [2.75, 3.05) is 20.8 Å². The molecule has 0 aromatic heterocycles. The summed E-state index contributed by atoms with van der Waals surface area (Å²) < 4.78 is 44.9. The molecular formula is C15H22O8S. The number of ether oxygens (including phenoxy) is 3. The molecule has 1 fully saturated rings. The second-order valence-corrected chi connectivity index (χ2v) is 7.13. The summed E-state index contributed by atoms with van der Waals surface area (Å²) in [5.74, 6) is 0. The van der Waals surface area contributed by atoms with E-state index in [1.165, 1.54) is 26.4 Å². The third kappa shape index (κ3) is 4.12. The summed E-state index contributed by atoms with van der Waals surface area (Å²) in [5.41, 5.74) is 0.920. The Hall–Kier alpha value is -1.07. The molecule has 0 spiro atoms. The van der Waals surface area contributed by atoms with E-state index < -0.39 is 47.4 Å². The lowest BCUT2D eigenvalue weighted by atomic mass is 9.99. The van der Waals surface area contributed by atoms with Crippen LogP contribution in [-0.2, 0) is 28.5 Å². The molecule has 2 rings (SSSR count). The van der Waals surface area contributed by atoms with Crippen molar-refractivity contribution in [3.63, 3.8) is 0 Å². The number of benzene rings is 1. The fourth-order valence-electron chi connectivity index (χ4n) is 2.46. The zero-order chi connectivity index (χ0) is 17.9. The molecule has 0 bridgehead atoms. The van der Waals surface area contributed by atoms with E-state index in [4.69, 9.17) is 18.4 Å². The van der Waals surface area contributed by atoms with Gasteiger partial charge in [-0.15, -0.1) is 0 Å². The number of rotatable bonds is 6. The lowest BCUT2D eigenvalue weighted by Gasteiger charge is -2.41. The van der Waals surface area contributed by atoms with E-state index in [1.807, 2.05) is 6.92 Å². The summed E-state index contributed by atoms with van der Waals surface area (Å²) >= 11 is 0. The quantitative estimate of drug-likeness (QED) is 0.670. The summed E-state index contributed by atoms with van der Waals surface area (Å²) in [5, 5.41) is 19.9. The normalized spacial score (nSPS) is 31.1. The van der Waals surface area contributed by atoms with Gasteiger partial charge in [-0.3, -0.25) is 4.18 Å². The average molecular weight is 362 g/mol. The first-order chi connectivity index (χ1) is 11.3. The van der Waals surface area contributed by atoms with Crippen LogP contribution in [0.4, 0.5) is 0 Å². The van der Waals surface area contributed by atoms with Crippen molar-refractivity contribution in [1.29, 1.82) is 0 Å². The highest BCUT2D eigenvalue weighted by Gasteiger charge is 2.45. The van der Waals surface area contributed by atoms with Gasteiger partial charge in [0.15, 0.2) is 6.29 Å². The third-order valence-corrected chi connectivity index (χ3v) is 5.14. The van der Waals surface area contributed by atoms with Crippen LogP contribution in [0.5, 0.6) is 0 Å². The van der Waals surface area contributed by atoms with E-state index in [2.05, 4.69) is 0 Å². The summed E-state index contributed by atoms with van der Waals surface area (Å²) in [4.78, 5) is 0.0155. The minimum atomic E-state index is -3.98. The topological polar surface area (TPSA) is 112 Å². The molecule has 0 radical (unpaired) electrons. The van der Waals surface area contributed by atoms with Crippen LogP contribution in [-0.4, -0.2) is 70.2 Å². The van der Waals surface area contributed by atoms with Crippen LogP contribution in [0.2, 0.25) is 0 Å². The van der Waals surface area contributed by atoms with E-state index in [0.29, 0.717) is 0 Å². The molecule has 9 heteroatoms. The first-order valence-corrected chi connectivity index (χ1v) is 8.74. The van der Waals surface area contributed by atoms with Crippen LogP contribution in [0.3, 0.4) is 0 Å². The molecule has 5 atom stereocenters. The van der Waals surface area contributed by atoms with Crippen molar-refractivity contribution in [2.45, 2.75) is 42.5 Å². The Labute approximate surface area is 141 Å². The first kappa shape index (κ1) is 19.3. The van der Waals surface area contributed by atoms with Gasteiger partial charge in [-0.05, 0) is 19.1 Å². The summed E-state index contributed by atoms with van der Waals surface area (Å²) in [6.07, 6.45) is -5.62. The maximum atomic E-state index is 12.2. The van der Waals surface area contributed by atoms with E-state index in [1.54, 1.807) is 12.1 Å². The Morgan fingerprint density at radius 2 is 1.71 bits per heavy atom. The monoisotopic (exact) mass is 362 g/mol. The Morgan fingerprint density at radius 1 is 1.08 bits per heavy atom. The predicted octanol–water partition coefficient (Wildman–Crippen LogP) is -0.192. The predicted molar refractivity (Wildman–Crippen MR) is 82.8 cm³/mol. The van der Waals surface area contributed by atoms with Gasteiger partial charge in [0, 0.05) is 14.2 Å². The van der Waals surface area contributed by atoms with Crippen LogP contribution in [0.25, 0.3) is 0 Å². The van der Waals surface area contributed by atoms with Crippen LogP contribution in [0.1, 0.15) is 5.56 Å². The lowest BCUT2D eigenvalue weighted by Crippen LogP contribution is -2.59. The highest BCUT2D eigenvalue weighted by atomic mass is 32.2. The molecule has 1 heterocycles. The Bertz CT molecular complexity index is 629. The minimum Gasteiger partial charge on any atom is -0.387 e. The SMILES string of the molecule is COC1OC(COS(=O)(=O)c2ccc(C)cc2)C(OC)C(O)C1O. The van der Waals surface area contributed by atoms with Crippen molar-refractivity contribution in [3.05, 3.63) is 29.8 Å². The molecule has 1 aliphatic rings. The van der Waals surface area contributed by atoms with Crippen molar-refractivity contribution >= 4 is 10.1 Å². The van der Waals surface area contributed by atoms with Gasteiger partial charge in [0.2, 0.25) is 0 Å². The summed E-state index contributed by atoms with van der Waals surface area (Å²) in [6, 6.07) is 6.20. The standard InChI is InChI=1S/C15H22O8S/c1-9-4-6-10(7-5-9)24(18,19)22-8-11-14(20-2)12(16)13(17)15(21-3)23-11/h4-7,11-17H,8H2,1-3H3. The minimum absolute atomic E-state index is 0.0155. The molecule has 0 amide bonds. The lowest BCUT2D eigenvalue weighted by molar-refractivity contribution is -0.296. The van der Waals surface area contributed by atoms with E-state index in [-0.39, 0.29) is 4.90 Å². The highest BCUT2D eigenvalue weighted by molar-refractivity contribution is 7.86. The number of hydrogen-bond donors (Lipinski definition) is 2. The van der Waals surface area contributed by atoms with Gasteiger partial charge >= 0.3 is 0 Å². The molecule has 8 nitrogen and oxygen atoms in total. The zero-order valence-corrected chi connectivity index (χ0v) is 14.5. The smallest absolute Gasteiger partial charge is 0.297 e. The number of hydrogen-bond acceptors (Lipinski definition) is 8.